The molecule has 0 aliphatic heterocycles. The molecule has 1 rings (SSSR count). The van der Waals surface area contributed by atoms with Gasteiger partial charge >= 0.3 is 0 Å². The van der Waals surface area contributed by atoms with Crippen LogP contribution in [0.25, 0.3) is 0 Å². The number of hydrogen-bond donors (Lipinski definition) is 1. The molecule has 0 aromatic carbocycles. The van der Waals surface area contributed by atoms with Crippen molar-refractivity contribution >= 4 is 27.7 Å². The Morgan fingerprint density at radius 3 is 2.73 bits per heavy atom. The molecule has 0 spiro atoms. The number of halogens is 1. The number of thioether (sulfide) groups is 1. The maximum atomic E-state index is 9.96. The standard InChI is InChI=1S/C9H16BrN3OS/c1-4-6(2)15-5-7(14)8-9(10)11-12-13(8)3/h6-7,14H,4-5H2,1-3H3. The highest BCUT2D eigenvalue weighted by Gasteiger charge is 2.18. The van der Waals surface area contributed by atoms with Crippen LogP contribution in [0.2, 0.25) is 0 Å². The van der Waals surface area contributed by atoms with Crippen molar-refractivity contribution < 1.29 is 5.11 Å². The van der Waals surface area contributed by atoms with Crippen LogP contribution in [0.15, 0.2) is 4.60 Å². The Bertz CT molecular complexity index is 299. The molecule has 4 nitrogen and oxygen atoms in total. The molecule has 86 valence electrons. The summed E-state index contributed by atoms with van der Waals surface area (Å²) in [5.41, 5.74) is 0.741. The van der Waals surface area contributed by atoms with Gasteiger partial charge in [0, 0.05) is 18.1 Å². The maximum Gasteiger partial charge on any atom is 0.154 e. The lowest BCUT2D eigenvalue weighted by molar-refractivity contribution is 0.193. The van der Waals surface area contributed by atoms with Gasteiger partial charge < -0.3 is 5.11 Å². The lowest BCUT2D eigenvalue weighted by Gasteiger charge is -2.13. The van der Waals surface area contributed by atoms with Crippen molar-refractivity contribution in [3.05, 3.63) is 10.3 Å². The van der Waals surface area contributed by atoms with Crippen molar-refractivity contribution in [2.75, 3.05) is 5.75 Å². The Morgan fingerprint density at radius 2 is 2.27 bits per heavy atom. The first-order chi connectivity index (χ1) is 7.06. The number of nitrogens with zero attached hydrogens (tertiary/aromatic N) is 3. The van der Waals surface area contributed by atoms with Crippen molar-refractivity contribution in [1.82, 2.24) is 15.0 Å². The molecule has 0 radical (unpaired) electrons. The van der Waals surface area contributed by atoms with Crippen molar-refractivity contribution in [2.24, 2.45) is 7.05 Å². The van der Waals surface area contributed by atoms with Gasteiger partial charge in [0.2, 0.25) is 0 Å². The van der Waals surface area contributed by atoms with Gasteiger partial charge in [-0.2, -0.15) is 11.8 Å². The monoisotopic (exact) mass is 293 g/mol. The van der Waals surface area contributed by atoms with Crippen LogP contribution in [0.4, 0.5) is 0 Å². The summed E-state index contributed by atoms with van der Waals surface area (Å²) in [4.78, 5) is 0. The summed E-state index contributed by atoms with van der Waals surface area (Å²) in [6.07, 6.45) is 0.598. The third kappa shape index (κ3) is 3.46. The minimum Gasteiger partial charge on any atom is -0.386 e. The van der Waals surface area contributed by atoms with Gasteiger partial charge in [-0.3, -0.25) is 0 Å². The van der Waals surface area contributed by atoms with Crippen LogP contribution in [0, 0.1) is 0 Å². The Hall–Kier alpha value is -0.0700. The Kier molecular flexibility index (Phi) is 5.08. The molecule has 1 aromatic heterocycles. The first-order valence-corrected chi connectivity index (χ1v) is 6.75. The number of aryl methyl sites for hydroxylation is 1. The molecule has 0 fully saturated rings. The summed E-state index contributed by atoms with van der Waals surface area (Å²) >= 11 is 5.04. The molecule has 1 N–H and O–H groups in total. The predicted molar refractivity (Wildman–Crippen MR) is 65.9 cm³/mol. The molecule has 1 heterocycles. The Morgan fingerprint density at radius 1 is 1.60 bits per heavy atom. The Labute approximate surface area is 103 Å². The van der Waals surface area contributed by atoms with Gasteiger partial charge in [-0.25, -0.2) is 4.68 Å². The average molecular weight is 294 g/mol. The molecular weight excluding hydrogens is 278 g/mol. The number of aliphatic hydroxyl groups excluding tert-OH is 1. The fraction of sp³-hybridized carbons (Fsp3) is 0.778. The highest BCUT2D eigenvalue weighted by atomic mass is 79.9. The van der Waals surface area contributed by atoms with Crippen LogP contribution >= 0.6 is 27.7 Å². The summed E-state index contributed by atoms with van der Waals surface area (Å²) in [6, 6.07) is 0. The highest BCUT2D eigenvalue weighted by molar-refractivity contribution is 9.10. The van der Waals surface area contributed by atoms with E-state index in [2.05, 4.69) is 40.1 Å². The smallest absolute Gasteiger partial charge is 0.154 e. The van der Waals surface area contributed by atoms with Crippen LogP contribution in [0.1, 0.15) is 32.1 Å². The van der Waals surface area contributed by atoms with E-state index in [1.165, 1.54) is 0 Å². The molecule has 6 heteroatoms. The summed E-state index contributed by atoms with van der Waals surface area (Å²) in [5.74, 6) is 0.675. The normalized spacial score (nSPS) is 15.3. The number of aliphatic hydroxyl groups is 1. The minimum absolute atomic E-state index is 0.515. The topological polar surface area (TPSA) is 50.9 Å². The molecule has 0 aliphatic rings. The van der Waals surface area contributed by atoms with Gasteiger partial charge in [-0.1, -0.05) is 19.1 Å². The Balaban J connectivity index is 2.57. The summed E-state index contributed by atoms with van der Waals surface area (Å²) in [5, 5.41) is 18.2. The highest BCUT2D eigenvalue weighted by Crippen LogP contribution is 2.25. The fourth-order valence-electron chi connectivity index (χ4n) is 1.14. The van der Waals surface area contributed by atoms with E-state index in [1.807, 2.05) is 0 Å². The van der Waals surface area contributed by atoms with E-state index in [4.69, 9.17) is 0 Å². The van der Waals surface area contributed by atoms with E-state index in [1.54, 1.807) is 23.5 Å². The van der Waals surface area contributed by atoms with Crippen molar-refractivity contribution in [3.8, 4) is 0 Å². The van der Waals surface area contributed by atoms with Crippen LogP contribution < -0.4 is 0 Å². The molecule has 0 amide bonds. The molecule has 0 saturated heterocycles. The van der Waals surface area contributed by atoms with E-state index in [0.717, 1.165) is 12.1 Å². The molecule has 2 atom stereocenters. The number of hydrogen-bond acceptors (Lipinski definition) is 4. The van der Waals surface area contributed by atoms with Gasteiger partial charge in [0.15, 0.2) is 4.60 Å². The third-order valence-electron chi connectivity index (χ3n) is 2.26. The first-order valence-electron chi connectivity index (χ1n) is 4.91. The second-order valence-corrected chi connectivity index (χ2v) is 5.68. The fourth-order valence-corrected chi connectivity index (χ4v) is 2.64. The quantitative estimate of drug-likeness (QED) is 0.904. The van der Waals surface area contributed by atoms with E-state index >= 15 is 0 Å². The zero-order valence-corrected chi connectivity index (χ0v) is 11.5. The lowest BCUT2D eigenvalue weighted by Crippen LogP contribution is -2.10. The van der Waals surface area contributed by atoms with Crippen LogP contribution in [0.3, 0.4) is 0 Å². The van der Waals surface area contributed by atoms with Gasteiger partial charge in [0.1, 0.15) is 11.8 Å². The first kappa shape index (κ1) is 13.0. The second kappa shape index (κ2) is 5.86. The van der Waals surface area contributed by atoms with Crippen molar-refractivity contribution in [2.45, 2.75) is 31.6 Å². The van der Waals surface area contributed by atoms with Gasteiger partial charge in [0.25, 0.3) is 0 Å². The minimum atomic E-state index is -0.515. The SMILES string of the molecule is CCC(C)SCC(O)c1c(Br)nnn1C. The summed E-state index contributed by atoms with van der Waals surface area (Å²) in [6.45, 7) is 4.31. The third-order valence-corrected chi connectivity index (χ3v) is 4.23. The maximum absolute atomic E-state index is 9.96. The van der Waals surface area contributed by atoms with Gasteiger partial charge in [-0.15, -0.1) is 5.10 Å². The van der Waals surface area contributed by atoms with E-state index in [9.17, 15) is 5.11 Å². The molecule has 0 aliphatic carbocycles. The average Bonchev–Trinajstić information content (AvgIpc) is 2.54. The molecular formula is C9H16BrN3OS. The van der Waals surface area contributed by atoms with Gasteiger partial charge in [0.05, 0.1) is 0 Å². The molecule has 0 saturated carbocycles. The van der Waals surface area contributed by atoms with Crippen molar-refractivity contribution in [1.29, 1.82) is 0 Å². The van der Waals surface area contributed by atoms with E-state index in [0.29, 0.717) is 15.6 Å². The van der Waals surface area contributed by atoms with E-state index < -0.39 is 6.10 Å². The summed E-state index contributed by atoms with van der Waals surface area (Å²) < 4.78 is 2.23. The van der Waals surface area contributed by atoms with Crippen LogP contribution in [-0.2, 0) is 7.05 Å². The largest absolute Gasteiger partial charge is 0.386 e. The number of rotatable bonds is 5. The van der Waals surface area contributed by atoms with Crippen molar-refractivity contribution in [3.63, 3.8) is 0 Å². The molecule has 15 heavy (non-hydrogen) atoms. The van der Waals surface area contributed by atoms with E-state index in [-0.39, 0.29) is 0 Å². The number of aromatic nitrogens is 3. The lowest BCUT2D eigenvalue weighted by atomic mass is 10.3. The predicted octanol–water partition coefficient (Wildman–Crippen LogP) is 2.14. The second-order valence-electron chi connectivity index (χ2n) is 3.46. The molecule has 0 bridgehead atoms. The summed E-state index contributed by atoms with van der Waals surface area (Å²) in [7, 11) is 1.78. The molecule has 2 unspecified atom stereocenters. The van der Waals surface area contributed by atoms with Crippen LogP contribution in [-0.4, -0.2) is 31.1 Å². The molecule has 1 aromatic rings. The van der Waals surface area contributed by atoms with Crippen LogP contribution in [0.5, 0.6) is 0 Å². The zero-order valence-electron chi connectivity index (χ0n) is 9.14. The zero-order chi connectivity index (χ0) is 11.4. The van der Waals surface area contributed by atoms with Gasteiger partial charge in [-0.05, 0) is 22.4 Å².